The van der Waals surface area contributed by atoms with Gasteiger partial charge in [-0.2, -0.15) is 0 Å². The average Bonchev–Trinajstić information content (AvgIpc) is 3.06. The van der Waals surface area contributed by atoms with Gasteiger partial charge in [0.15, 0.2) is 0 Å². The van der Waals surface area contributed by atoms with Gasteiger partial charge in [-0.3, -0.25) is 9.59 Å². The van der Waals surface area contributed by atoms with E-state index in [9.17, 15) is 14.7 Å². The zero-order valence-electron chi connectivity index (χ0n) is 14.2. The molecule has 2 rings (SSSR count). The van der Waals surface area contributed by atoms with Gasteiger partial charge in [0.2, 0.25) is 0 Å². The van der Waals surface area contributed by atoms with E-state index in [4.69, 9.17) is 0 Å². The predicted molar refractivity (Wildman–Crippen MR) is 94.7 cm³/mol. The highest BCUT2D eigenvalue weighted by atomic mass is 16.3. The zero-order chi connectivity index (χ0) is 17.6. The van der Waals surface area contributed by atoms with E-state index < -0.39 is 11.8 Å². The SMILES string of the molecule is CCC(CC)(CCO)CNC(=O)C(=O)Nc1ccc2[nH]ccc2c1. The summed E-state index contributed by atoms with van der Waals surface area (Å²) in [7, 11) is 0. The van der Waals surface area contributed by atoms with Gasteiger partial charge in [-0.15, -0.1) is 0 Å². The van der Waals surface area contributed by atoms with E-state index in [1.165, 1.54) is 0 Å². The van der Waals surface area contributed by atoms with Gasteiger partial charge in [-0.1, -0.05) is 13.8 Å². The number of aliphatic hydroxyl groups is 1. The summed E-state index contributed by atoms with van der Waals surface area (Å²) in [6.07, 6.45) is 4.08. The molecular formula is C18H25N3O3. The van der Waals surface area contributed by atoms with Crippen LogP contribution in [0.4, 0.5) is 5.69 Å². The first-order valence-electron chi connectivity index (χ1n) is 8.31. The van der Waals surface area contributed by atoms with Crippen LogP contribution in [0.15, 0.2) is 30.5 Å². The number of rotatable bonds is 7. The number of carbonyl (C=O) groups excluding carboxylic acids is 2. The Labute approximate surface area is 141 Å². The quantitative estimate of drug-likeness (QED) is 0.587. The number of aromatic nitrogens is 1. The Morgan fingerprint density at radius 3 is 2.58 bits per heavy atom. The number of carbonyl (C=O) groups is 2. The molecule has 0 saturated heterocycles. The molecule has 6 heteroatoms. The van der Waals surface area contributed by atoms with Gasteiger partial charge in [0.05, 0.1) is 0 Å². The van der Waals surface area contributed by atoms with Crippen LogP contribution in [0.2, 0.25) is 0 Å². The monoisotopic (exact) mass is 331 g/mol. The van der Waals surface area contributed by atoms with Gasteiger partial charge < -0.3 is 20.7 Å². The van der Waals surface area contributed by atoms with Gasteiger partial charge >= 0.3 is 11.8 Å². The van der Waals surface area contributed by atoms with Gasteiger partial charge in [-0.25, -0.2) is 0 Å². The smallest absolute Gasteiger partial charge is 0.313 e. The molecule has 24 heavy (non-hydrogen) atoms. The summed E-state index contributed by atoms with van der Waals surface area (Å²) in [4.78, 5) is 27.2. The van der Waals surface area contributed by atoms with Crippen molar-refractivity contribution in [3.05, 3.63) is 30.5 Å². The molecule has 2 amide bonds. The van der Waals surface area contributed by atoms with E-state index in [0.717, 1.165) is 23.7 Å². The summed E-state index contributed by atoms with van der Waals surface area (Å²) in [5.74, 6) is -1.34. The Morgan fingerprint density at radius 1 is 1.17 bits per heavy atom. The highest BCUT2D eigenvalue weighted by Gasteiger charge is 2.27. The number of anilines is 1. The number of aromatic amines is 1. The fourth-order valence-corrected chi connectivity index (χ4v) is 2.85. The van der Waals surface area contributed by atoms with Crippen LogP contribution in [0.5, 0.6) is 0 Å². The second-order valence-corrected chi connectivity index (χ2v) is 6.10. The molecule has 0 saturated carbocycles. The molecule has 0 unspecified atom stereocenters. The molecule has 0 radical (unpaired) electrons. The van der Waals surface area contributed by atoms with Crippen LogP contribution in [0.3, 0.4) is 0 Å². The Hall–Kier alpha value is -2.34. The van der Waals surface area contributed by atoms with E-state index in [0.29, 0.717) is 18.7 Å². The molecule has 0 bridgehead atoms. The minimum Gasteiger partial charge on any atom is -0.396 e. The van der Waals surface area contributed by atoms with Crippen LogP contribution in [0, 0.1) is 5.41 Å². The van der Waals surface area contributed by atoms with Crippen molar-refractivity contribution in [3.63, 3.8) is 0 Å². The Morgan fingerprint density at radius 2 is 1.92 bits per heavy atom. The molecule has 0 aliphatic carbocycles. The van der Waals surface area contributed by atoms with Crippen molar-refractivity contribution in [2.75, 3.05) is 18.5 Å². The second kappa shape index (κ2) is 7.97. The lowest BCUT2D eigenvalue weighted by atomic mass is 9.79. The van der Waals surface area contributed by atoms with E-state index >= 15 is 0 Å². The van der Waals surface area contributed by atoms with Crippen molar-refractivity contribution in [1.29, 1.82) is 0 Å². The molecule has 130 valence electrons. The molecule has 2 aromatic rings. The first-order chi connectivity index (χ1) is 11.5. The van der Waals surface area contributed by atoms with Crippen molar-refractivity contribution in [2.24, 2.45) is 5.41 Å². The van der Waals surface area contributed by atoms with Crippen molar-refractivity contribution in [3.8, 4) is 0 Å². The first-order valence-corrected chi connectivity index (χ1v) is 8.31. The maximum Gasteiger partial charge on any atom is 0.313 e. The van der Waals surface area contributed by atoms with Crippen LogP contribution in [0.25, 0.3) is 10.9 Å². The highest BCUT2D eigenvalue weighted by Crippen LogP contribution is 2.29. The first kappa shape index (κ1) is 18.0. The van der Waals surface area contributed by atoms with Gasteiger partial charge in [0.25, 0.3) is 0 Å². The number of hydrogen-bond donors (Lipinski definition) is 4. The maximum absolute atomic E-state index is 12.1. The molecule has 0 aliphatic rings. The van der Waals surface area contributed by atoms with E-state index in [2.05, 4.69) is 15.6 Å². The van der Waals surface area contributed by atoms with Crippen molar-refractivity contribution >= 4 is 28.4 Å². The van der Waals surface area contributed by atoms with Crippen LogP contribution >= 0.6 is 0 Å². The third-order valence-corrected chi connectivity index (χ3v) is 4.78. The lowest BCUT2D eigenvalue weighted by Gasteiger charge is -2.31. The lowest BCUT2D eigenvalue weighted by molar-refractivity contribution is -0.136. The summed E-state index contributed by atoms with van der Waals surface area (Å²) in [6, 6.07) is 7.31. The van der Waals surface area contributed by atoms with Gasteiger partial charge in [-0.05, 0) is 48.9 Å². The van der Waals surface area contributed by atoms with Crippen LogP contribution in [-0.4, -0.2) is 35.1 Å². The number of hydrogen-bond acceptors (Lipinski definition) is 3. The second-order valence-electron chi connectivity index (χ2n) is 6.10. The molecule has 6 nitrogen and oxygen atoms in total. The minimum absolute atomic E-state index is 0.0699. The molecule has 1 aromatic heterocycles. The summed E-state index contributed by atoms with van der Waals surface area (Å²) in [6.45, 7) is 4.50. The van der Waals surface area contributed by atoms with Crippen molar-refractivity contribution < 1.29 is 14.7 Å². The van der Waals surface area contributed by atoms with E-state index in [-0.39, 0.29) is 12.0 Å². The summed E-state index contributed by atoms with van der Waals surface area (Å²) in [5, 5.41) is 15.5. The van der Waals surface area contributed by atoms with Crippen LogP contribution in [0.1, 0.15) is 33.1 Å². The number of nitrogens with one attached hydrogen (secondary N) is 3. The summed E-state index contributed by atoms with van der Waals surface area (Å²) in [5.41, 5.74) is 1.38. The number of benzene rings is 1. The number of amides is 2. The summed E-state index contributed by atoms with van der Waals surface area (Å²) < 4.78 is 0. The number of aliphatic hydroxyl groups excluding tert-OH is 1. The molecule has 0 aliphatic heterocycles. The predicted octanol–water partition coefficient (Wildman–Crippen LogP) is 2.41. The molecule has 1 heterocycles. The zero-order valence-corrected chi connectivity index (χ0v) is 14.2. The van der Waals surface area contributed by atoms with Gasteiger partial charge in [0.1, 0.15) is 0 Å². The molecule has 0 fully saturated rings. The van der Waals surface area contributed by atoms with Crippen LogP contribution in [-0.2, 0) is 9.59 Å². The molecule has 1 aromatic carbocycles. The molecule has 4 N–H and O–H groups in total. The Balaban J connectivity index is 1.95. The van der Waals surface area contributed by atoms with Crippen molar-refractivity contribution in [2.45, 2.75) is 33.1 Å². The topological polar surface area (TPSA) is 94.2 Å². The van der Waals surface area contributed by atoms with E-state index in [1.807, 2.05) is 38.2 Å². The van der Waals surface area contributed by atoms with Crippen LogP contribution < -0.4 is 10.6 Å². The molecule has 0 spiro atoms. The largest absolute Gasteiger partial charge is 0.396 e. The fourth-order valence-electron chi connectivity index (χ4n) is 2.85. The fraction of sp³-hybridized carbons (Fsp3) is 0.444. The standard InChI is InChI=1S/C18H25N3O3/c1-3-18(4-2,8-10-22)12-20-16(23)17(24)21-14-5-6-15-13(11-14)7-9-19-15/h5-7,9,11,19,22H,3-4,8,10,12H2,1-2H3,(H,20,23)(H,21,24). The maximum atomic E-state index is 12.1. The Kier molecular flexibility index (Phi) is 5.98. The normalized spacial score (nSPS) is 11.5. The van der Waals surface area contributed by atoms with E-state index in [1.54, 1.807) is 6.07 Å². The molecule has 0 atom stereocenters. The average molecular weight is 331 g/mol. The minimum atomic E-state index is -0.685. The lowest BCUT2D eigenvalue weighted by Crippen LogP contribution is -2.42. The van der Waals surface area contributed by atoms with Crippen molar-refractivity contribution in [1.82, 2.24) is 10.3 Å². The third kappa shape index (κ3) is 4.14. The number of H-pyrrole nitrogens is 1. The Bertz CT molecular complexity index is 704. The summed E-state index contributed by atoms with van der Waals surface area (Å²) >= 11 is 0. The molecular weight excluding hydrogens is 306 g/mol. The third-order valence-electron chi connectivity index (χ3n) is 4.78. The van der Waals surface area contributed by atoms with Gasteiger partial charge in [0, 0.05) is 35.9 Å². The number of fused-ring (bicyclic) bond motifs is 1. The highest BCUT2D eigenvalue weighted by molar-refractivity contribution is 6.39.